The monoisotopic (exact) mass is 380 g/mol. The van der Waals surface area contributed by atoms with Gasteiger partial charge in [0.25, 0.3) is 5.69 Å². The molecule has 0 radical (unpaired) electrons. The van der Waals surface area contributed by atoms with Crippen molar-refractivity contribution in [2.24, 2.45) is 0 Å². The number of aryl methyl sites for hydroxylation is 1. The number of esters is 1. The largest absolute Gasteiger partial charge is 0.423 e. The Hall–Kier alpha value is -3.55. The molecule has 2 aromatic carbocycles. The maximum Gasteiger partial charge on any atom is 0.343 e. The van der Waals surface area contributed by atoms with Gasteiger partial charge in [0.05, 0.1) is 10.5 Å². The summed E-state index contributed by atoms with van der Waals surface area (Å²) in [7, 11) is 0. The van der Waals surface area contributed by atoms with Crippen LogP contribution in [0, 0.1) is 17.0 Å². The molecule has 1 heterocycles. The van der Waals surface area contributed by atoms with E-state index in [1.807, 2.05) is 19.1 Å². The zero-order valence-corrected chi connectivity index (χ0v) is 16.0. The van der Waals surface area contributed by atoms with Crippen LogP contribution in [0.1, 0.15) is 42.3 Å². The van der Waals surface area contributed by atoms with Crippen molar-refractivity contribution >= 4 is 11.7 Å². The standard InChI is InChI=1S/C20H20N4O4/c1-13-9-15(20(2,3)4)6-8-18(13)28-19(25)14-5-7-16(17(10-14)24(26)27)23-12-21-11-22-23/h5-12H,1-4H3. The number of hydrogen-bond acceptors (Lipinski definition) is 6. The first-order valence-electron chi connectivity index (χ1n) is 8.63. The number of ether oxygens (including phenoxy) is 1. The van der Waals surface area contributed by atoms with Crippen LogP contribution >= 0.6 is 0 Å². The van der Waals surface area contributed by atoms with Crippen molar-refractivity contribution < 1.29 is 14.5 Å². The van der Waals surface area contributed by atoms with Crippen molar-refractivity contribution in [3.8, 4) is 11.4 Å². The highest BCUT2D eigenvalue weighted by molar-refractivity contribution is 5.92. The molecule has 0 atom stereocenters. The summed E-state index contributed by atoms with van der Waals surface area (Å²) >= 11 is 0. The zero-order chi connectivity index (χ0) is 20.5. The number of nitrogens with zero attached hydrogens (tertiary/aromatic N) is 4. The molecule has 28 heavy (non-hydrogen) atoms. The van der Waals surface area contributed by atoms with Crippen LogP contribution in [-0.4, -0.2) is 25.7 Å². The first-order valence-corrected chi connectivity index (χ1v) is 8.63. The van der Waals surface area contributed by atoms with Gasteiger partial charge in [0.1, 0.15) is 24.1 Å². The lowest BCUT2D eigenvalue weighted by atomic mass is 9.86. The topological polar surface area (TPSA) is 100 Å². The van der Waals surface area contributed by atoms with Crippen LogP contribution in [0.15, 0.2) is 49.1 Å². The normalized spacial score (nSPS) is 11.3. The highest BCUT2D eigenvalue weighted by Gasteiger charge is 2.21. The number of rotatable bonds is 4. The van der Waals surface area contributed by atoms with Crippen molar-refractivity contribution in [1.82, 2.24) is 14.8 Å². The number of carbonyl (C=O) groups excluding carboxylic acids is 1. The van der Waals surface area contributed by atoms with E-state index in [2.05, 4.69) is 30.9 Å². The van der Waals surface area contributed by atoms with Gasteiger partial charge in [-0.1, -0.05) is 32.9 Å². The molecule has 3 rings (SSSR count). The fourth-order valence-electron chi connectivity index (χ4n) is 2.71. The van der Waals surface area contributed by atoms with E-state index < -0.39 is 10.9 Å². The third kappa shape index (κ3) is 3.90. The smallest absolute Gasteiger partial charge is 0.343 e. The van der Waals surface area contributed by atoms with Gasteiger partial charge >= 0.3 is 5.97 Å². The number of carbonyl (C=O) groups is 1. The summed E-state index contributed by atoms with van der Waals surface area (Å²) in [6.07, 6.45) is 2.62. The Morgan fingerprint density at radius 1 is 1.18 bits per heavy atom. The molecule has 0 aliphatic heterocycles. The average Bonchev–Trinajstić information content (AvgIpc) is 3.16. The SMILES string of the molecule is Cc1cc(C(C)(C)C)ccc1OC(=O)c1ccc(-n2cncn2)c([N+](=O)[O-])c1. The molecule has 0 bridgehead atoms. The van der Waals surface area contributed by atoms with Crippen molar-refractivity contribution in [3.05, 3.63) is 75.9 Å². The highest BCUT2D eigenvalue weighted by atomic mass is 16.6. The van der Waals surface area contributed by atoms with Gasteiger partial charge in [-0.2, -0.15) is 5.10 Å². The molecule has 144 valence electrons. The lowest BCUT2D eigenvalue weighted by molar-refractivity contribution is -0.384. The predicted octanol–water partition coefficient (Wildman–Crippen LogP) is 4.00. The summed E-state index contributed by atoms with van der Waals surface area (Å²) in [5.41, 5.74) is 1.94. The summed E-state index contributed by atoms with van der Waals surface area (Å²) in [4.78, 5) is 27.2. The Morgan fingerprint density at radius 2 is 1.93 bits per heavy atom. The third-order valence-corrected chi connectivity index (χ3v) is 4.32. The molecule has 8 heteroatoms. The fourth-order valence-corrected chi connectivity index (χ4v) is 2.71. The molecule has 0 saturated carbocycles. The predicted molar refractivity (Wildman–Crippen MR) is 103 cm³/mol. The maximum atomic E-state index is 12.5. The second-order valence-corrected chi connectivity index (χ2v) is 7.42. The Morgan fingerprint density at radius 3 is 2.50 bits per heavy atom. The zero-order valence-electron chi connectivity index (χ0n) is 16.0. The molecule has 0 aliphatic rings. The molecule has 0 unspecified atom stereocenters. The third-order valence-electron chi connectivity index (χ3n) is 4.32. The van der Waals surface area contributed by atoms with Gasteiger partial charge in [0.2, 0.25) is 0 Å². The van der Waals surface area contributed by atoms with Gasteiger partial charge in [-0.05, 0) is 41.7 Å². The highest BCUT2D eigenvalue weighted by Crippen LogP contribution is 2.29. The van der Waals surface area contributed by atoms with Crippen LogP contribution in [0.25, 0.3) is 5.69 Å². The molecular formula is C20H20N4O4. The fraction of sp³-hybridized carbons (Fsp3) is 0.250. The molecule has 0 aliphatic carbocycles. The molecule has 8 nitrogen and oxygen atoms in total. The van der Waals surface area contributed by atoms with E-state index in [-0.39, 0.29) is 22.4 Å². The van der Waals surface area contributed by atoms with E-state index >= 15 is 0 Å². The van der Waals surface area contributed by atoms with Crippen LogP contribution in [0.5, 0.6) is 5.75 Å². The van der Waals surface area contributed by atoms with Gasteiger partial charge in [0.15, 0.2) is 0 Å². The Labute approximate surface area is 161 Å². The van der Waals surface area contributed by atoms with E-state index in [0.717, 1.165) is 11.1 Å². The lowest BCUT2D eigenvalue weighted by Gasteiger charge is -2.20. The molecule has 0 saturated heterocycles. The van der Waals surface area contributed by atoms with Gasteiger partial charge in [0, 0.05) is 6.07 Å². The van der Waals surface area contributed by atoms with Crippen LogP contribution in [0.2, 0.25) is 0 Å². The van der Waals surface area contributed by atoms with Crippen LogP contribution in [0.3, 0.4) is 0 Å². The summed E-state index contributed by atoms with van der Waals surface area (Å²) in [6.45, 7) is 8.16. The van der Waals surface area contributed by atoms with Crippen molar-refractivity contribution in [2.45, 2.75) is 33.1 Å². The molecule has 3 aromatic rings. The van der Waals surface area contributed by atoms with Crippen LogP contribution in [-0.2, 0) is 5.41 Å². The minimum atomic E-state index is -0.667. The Balaban J connectivity index is 1.89. The van der Waals surface area contributed by atoms with Gasteiger partial charge in [-0.15, -0.1) is 0 Å². The average molecular weight is 380 g/mol. The number of nitro benzene ring substituents is 1. The molecule has 0 amide bonds. The summed E-state index contributed by atoms with van der Waals surface area (Å²) in [5.74, 6) is -0.249. The number of aromatic nitrogens is 3. The summed E-state index contributed by atoms with van der Waals surface area (Å²) < 4.78 is 6.73. The summed E-state index contributed by atoms with van der Waals surface area (Å²) in [5, 5.41) is 15.3. The van der Waals surface area contributed by atoms with E-state index in [1.165, 1.54) is 35.5 Å². The maximum absolute atomic E-state index is 12.5. The first-order chi connectivity index (χ1) is 13.2. The van der Waals surface area contributed by atoms with E-state index in [9.17, 15) is 14.9 Å². The Bertz CT molecular complexity index is 1040. The molecule has 0 fully saturated rings. The molecule has 1 aromatic heterocycles. The lowest BCUT2D eigenvalue weighted by Crippen LogP contribution is -2.13. The Kier molecular flexibility index (Phi) is 4.96. The minimum absolute atomic E-state index is 0.0227. The second kappa shape index (κ2) is 7.22. The molecular weight excluding hydrogens is 360 g/mol. The van der Waals surface area contributed by atoms with Gasteiger partial charge < -0.3 is 4.74 Å². The van der Waals surface area contributed by atoms with E-state index in [4.69, 9.17) is 4.74 Å². The molecule has 0 spiro atoms. The van der Waals surface area contributed by atoms with Crippen LogP contribution in [0.4, 0.5) is 5.69 Å². The molecule has 0 N–H and O–H groups in total. The van der Waals surface area contributed by atoms with E-state index in [0.29, 0.717) is 5.75 Å². The first kappa shape index (κ1) is 19.2. The van der Waals surface area contributed by atoms with E-state index in [1.54, 1.807) is 6.07 Å². The van der Waals surface area contributed by atoms with Crippen molar-refractivity contribution in [2.75, 3.05) is 0 Å². The quantitative estimate of drug-likeness (QED) is 0.293. The second-order valence-electron chi connectivity index (χ2n) is 7.42. The minimum Gasteiger partial charge on any atom is -0.423 e. The van der Waals surface area contributed by atoms with Crippen molar-refractivity contribution in [3.63, 3.8) is 0 Å². The summed E-state index contributed by atoms with van der Waals surface area (Å²) in [6, 6.07) is 9.71. The number of nitro groups is 1. The van der Waals surface area contributed by atoms with Crippen molar-refractivity contribution in [1.29, 1.82) is 0 Å². The number of benzene rings is 2. The van der Waals surface area contributed by atoms with Gasteiger partial charge in [-0.3, -0.25) is 10.1 Å². The van der Waals surface area contributed by atoms with Gasteiger partial charge in [-0.25, -0.2) is 14.5 Å². The van der Waals surface area contributed by atoms with Crippen LogP contribution < -0.4 is 4.74 Å². The number of hydrogen-bond donors (Lipinski definition) is 0.